The molecule has 1 saturated heterocycles. The first-order valence-electron chi connectivity index (χ1n) is 6.11. The maximum absolute atomic E-state index is 11.3. The molecule has 94 valence electrons. The van der Waals surface area contributed by atoms with Gasteiger partial charge in [-0.3, -0.25) is 9.89 Å². The van der Waals surface area contributed by atoms with Crippen LogP contribution in [0.15, 0.2) is 6.07 Å². The van der Waals surface area contributed by atoms with Gasteiger partial charge in [-0.1, -0.05) is 0 Å². The number of aromatic nitrogens is 2. The molecule has 1 aromatic heterocycles. The summed E-state index contributed by atoms with van der Waals surface area (Å²) in [5.41, 5.74) is 1.97. The zero-order chi connectivity index (χ0) is 12.3. The van der Waals surface area contributed by atoms with E-state index in [1.165, 1.54) is 0 Å². The van der Waals surface area contributed by atoms with E-state index < -0.39 is 0 Å². The number of piperidine rings is 1. The van der Waals surface area contributed by atoms with Crippen molar-refractivity contribution in [2.75, 3.05) is 19.7 Å². The van der Waals surface area contributed by atoms with Crippen LogP contribution < -0.4 is 0 Å². The van der Waals surface area contributed by atoms with Gasteiger partial charge in [0, 0.05) is 44.7 Å². The molecule has 2 rings (SSSR count). The van der Waals surface area contributed by atoms with Crippen LogP contribution in [0, 0.1) is 0 Å². The highest BCUT2D eigenvalue weighted by Gasteiger charge is 2.24. The average Bonchev–Trinajstić information content (AvgIpc) is 2.78. The van der Waals surface area contributed by atoms with Crippen molar-refractivity contribution >= 4 is 5.91 Å². The summed E-state index contributed by atoms with van der Waals surface area (Å²) in [4.78, 5) is 13.2. The summed E-state index contributed by atoms with van der Waals surface area (Å²) in [6.45, 7) is 3.37. The zero-order valence-corrected chi connectivity index (χ0v) is 10.1. The molecule has 1 aliphatic rings. The molecule has 1 amide bonds. The Bertz CT molecular complexity index is 389. The van der Waals surface area contributed by atoms with Crippen LogP contribution in [-0.2, 0) is 11.2 Å². The standard InChI is InChI=1S/C12H19N3O2/c1-9(17)15-5-2-3-10(8-15)12-7-11(4-6-16)13-14-12/h7,10,16H,2-6,8H2,1H3,(H,13,14). The van der Waals surface area contributed by atoms with Gasteiger partial charge >= 0.3 is 0 Å². The molecule has 2 heterocycles. The van der Waals surface area contributed by atoms with Gasteiger partial charge in [0.15, 0.2) is 0 Å². The number of rotatable bonds is 3. The molecule has 17 heavy (non-hydrogen) atoms. The molecule has 1 aliphatic heterocycles. The molecule has 0 spiro atoms. The van der Waals surface area contributed by atoms with Gasteiger partial charge in [-0.2, -0.15) is 5.10 Å². The Morgan fingerprint density at radius 3 is 3.24 bits per heavy atom. The lowest BCUT2D eigenvalue weighted by atomic mass is 9.94. The van der Waals surface area contributed by atoms with E-state index in [4.69, 9.17) is 5.11 Å². The maximum Gasteiger partial charge on any atom is 0.219 e. The summed E-state index contributed by atoms with van der Waals surface area (Å²) in [5.74, 6) is 0.470. The summed E-state index contributed by atoms with van der Waals surface area (Å²) in [6, 6.07) is 2.00. The average molecular weight is 237 g/mol. The van der Waals surface area contributed by atoms with Gasteiger partial charge < -0.3 is 10.0 Å². The summed E-state index contributed by atoms with van der Waals surface area (Å²) in [6.07, 6.45) is 2.72. The van der Waals surface area contributed by atoms with E-state index in [0.717, 1.165) is 37.3 Å². The quantitative estimate of drug-likeness (QED) is 0.812. The molecule has 5 nitrogen and oxygen atoms in total. The second-order valence-corrected chi connectivity index (χ2v) is 4.60. The molecule has 0 aromatic carbocycles. The van der Waals surface area contributed by atoms with Crippen LogP contribution in [0.3, 0.4) is 0 Å². The van der Waals surface area contributed by atoms with Crippen molar-refractivity contribution in [2.45, 2.75) is 32.1 Å². The van der Waals surface area contributed by atoms with Gasteiger partial charge in [0.05, 0.1) is 5.69 Å². The molecule has 1 aromatic rings. The highest BCUT2D eigenvalue weighted by molar-refractivity contribution is 5.73. The lowest BCUT2D eigenvalue weighted by molar-refractivity contribution is -0.130. The smallest absolute Gasteiger partial charge is 0.219 e. The summed E-state index contributed by atoms with van der Waals surface area (Å²) >= 11 is 0. The predicted molar refractivity (Wildman–Crippen MR) is 63.6 cm³/mol. The van der Waals surface area contributed by atoms with Crippen molar-refractivity contribution in [3.8, 4) is 0 Å². The SMILES string of the molecule is CC(=O)N1CCCC(c2cc(CCO)[nH]n2)C1. The molecule has 0 aliphatic carbocycles. The van der Waals surface area contributed by atoms with Crippen LogP contribution >= 0.6 is 0 Å². The topological polar surface area (TPSA) is 69.2 Å². The van der Waals surface area contributed by atoms with Crippen molar-refractivity contribution in [3.63, 3.8) is 0 Å². The van der Waals surface area contributed by atoms with Crippen molar-refractivity contribution in [1.82, 2.24) is 15.1 Å². The van der Waals surface area contributed by atoms with E-state index in [0.29, 0.717) is 12.3 Å². The van der Waals surface area contributed by atoms with Gasteiger partial charge in [0.1, 0.15) is 0 Å². The number of H-pyrrole nitrogens is 1. The summed E-state index contributed by atoms with van der Waals surface area (Å²) < 4.78 is 0. The number of hydrogen-bond donors (Lipinski definition) is 2. The Morgan fingerprint density at radius 1 is 1.71 bits per heavy atom. The van der Waals surface area contributed by atoms with Crippen molar-refractivity contribution in [2.24, 2.45) is 0 Å². The summed E-state index contributed by atoms with van der Waals surface area (Å²) in [7, 11) is 0. The van der Waals surface area contributed by atoms with Gasteiger partial charge in [0.2, 0.25) is 5.91 Å². The number of carbonyl (C=O) groups is 1. The van der Waals surface area contributed by atoms with E-state index in [9.17, 15) is 4.79 Å². The first kappa shape index (κ1) is 12.1. The number of likely N-dealkylation sites (tertiary alicyclic amines) is 1. The van der Waals surface area contributed by atoms with Crippen LogP contribution in [0.5, 0.6) is 0 Å². The number of hydrogen-bond acceptors (Lipinski definition) is 3. The maximum atomic E-state index is 11.3. The molecule has 0 bridgehead atoms. The lowest BCUT2D eigenvalue weighted by Gasteiger charge is -2.31. The molecule has 5 heteroatoms. The third-order valence-corrected chi connectivity index (χ3v) is 3.32. The number of amides is 1. The Labute approximate surface area is 101 Å². The first-order valence-corrected chi connectivity index (χ1v) is 6.11. The van der Waals surface area contributed by atoms with Crippen LogP contribution in [0.2, 0.25) is 0 Å². The number of aliphatic hydroxyl groups is 1. The molecule has 1 fully saturated rings. The number of aromatic amines is 1. The molecular weight excluding hydrogens is 218 g/mol. The predicted octanol–water partition coefficient (Wildman–Crippen LogP) is 0.670. The number of nitrogens with one attached hydrogen (secondary N) is 1. The van der Waals surface area contributed by atoms with Crippen LogP contribution in [0.1, 0.15) is 37.1 Å². The highest BCUT2D eigenvalue weighted by atomic mass is 16.3. The van der Waals surface area contributed by atoms with E-state index in [1.54, 1.807) is 6.92 Å². The molecule has 0 saturated carbocycles. The van der Waals surface area contributed by atoms with E-state index >= 15 is 0 Å². The van der Waals surface area contributed by atoms with Gasteiger partial charge in [-0.05, 0) is 18.9 Å². The lowest BCUT2D eigenvalue weighted by Crippen LogP contribution is -2.37. The largest absolute Gasteiger partial charge is 0.396 e. The Balaban J connectivity index is 2.02. The second-order valence-electron chi connectivity index (χ2n) is 4.60. The van der Waals surface area contributed by atoms with E-state index in [1.807, 2.05) is 11.0 Å². The van der Waals surface area contributed by atoms with Crippen molar-refractivity contribution in [1.29, 1.82) is 0 Å². The minimum Gasteiger partial charge on any atom is -0.396 e. The monoisotopic (exact) mass is 237 g/mol. The van der Waals surface area contributed by atoms with Crippen LogP contribution in [-0.4, -0.2) is 45.8 Å². The zero-order valence-electron chi connectivity index (χ0n) is 10.1. The molecular formula is C12H19N3O2. The normalized spacial score (nSPS) is 20.6. The fraction of sp³-hybridized carbons (Fsp3) is 0.667. The van der Waals surface area contributed by atoms with E-state index in [2.05, 4.69) is 10.2 Å². The highest BCUT2D eigenvalue weighted by Crippen LogP contribution is 2.25. The third-order valence-electron chi connectivity index (χ3n) is 3.32. The van der Waals surface area contributed by atoms with Crippen molar-refractivity contribution in [3.05, 3.63) is 17.5 Å². The van der Waals surface area contributed by atoms with Gasteiger partial charge in [0.25, 0.3) is 0 Å². The minimum absolute atomic E-state index is 0.131. The first-order chi connectivity index (χ1) is 8.20. The van der Waals surface area contributed by atoms with Gasteiger partial charge in [-0.25, -0.2) is 0 Å². The fourth-order valence-corrected chi connectivity index (χ4v) is 2.34. The Kier molecular flexibility index (Phi) is 3.78. The van der Waals surface area contributed by atoms with Crippen LogP contribution in [0.25, 0.3) is 0 Å². The number of aliphatic hydroxyl groups excluding tert-OH is 1. The molecule has 1 unspecified atom stereocenters. The summed E-state index contributed by atoms with van der Waals surface area (Å²) in [5, 5.41) is 16.1. The Morgan fingerprint density at radius 2 is 2.53 bits per heavy atom. The molecule has 0 radical (unpaired) electrons. The third kappa shape index (κ3) is 2.85. The molecule has 1 atom stereocenters. The fourth-order valence-electron chi connectivity index (χ4n) is 2.34. The van der Waals surface area contributed by atoms with E-state index in [-0.39, 0.29) is 12.5 Å². The molecule has 2 N–H and O–H groups in total. The Hall–Kier alpha value is -1.36. The van der Waals surface area contributed by atoms with Crippen molar-refractivity contribution < 1.29 is 9.90 Å². The second kappa shape index (κ2) is 5.31. The minimum atomic E-state index is 0.131. The number of nitrogens with zero attached hydrogens (tertiary/aromatic N) is 2. The van der Waals surface area contributed by atoms with Gasteiger partial charge in [-0.15, -0.1) is 0 Å². The van der Waals surface area contributed by atoms with Crippen LogP contribution in [0.4, 0.5) is 0 Å². The number of carbonyl (C=O) groups excluding carboxylic acids is 1.